The Labute approximate surface area is 189 Å². The van der Waals surface area contributed by atoms with E-state index in [9.17, 15) is 9.59 Å². The van der Waals surface area contributed by atoms with Crippen molar-refractivity contribution in [2.24, 2.45) is 11.8 Å². The van der Waals surface area contributed by atoms with Gasteiger partial charge < -0.3 is 25.0 Å². The normalized spacial score (nSPS) is 17.0. The number of carboxylic acid groups (broad SMARTS) is 1. The largest absolute Gasteiger partial charge is 0.481 e. The second-order valence-corrected chi connectivity index (χ2v) is 8.11. The van der Waals surface area contributed by atoms with Crippen molar-refractivity contribution in [1.82, 2.24) is 20.1 Å². The van der Waals surface area contributed by atoms with Crippen LogP contribution >= 0.6 is 0 Å². The number of carboxylic acids is 1. The van der Waals surface area contributed by atoms with Gasteiger partial charge in [0, 0.05) is 0 Å². The Morgan fingerprint density at radius 1 is 1.15 bits per heavy atom. The van der Waals surface area contributed by atoms with Crippen molar-refractivity contribution in [2.45, 2.75) is 40.2 Å². The molecule has 2 unspecified atom stereocenters. The maximum atomic E-state index is 12.3. The molecule has 0 aromatic carbocycles. The zero-order chi connectivity index (χ0) is 23.7. The van der Waals surface area contributed by atoms with Crippen molar-refractivity contribution in [1.29, 1.82) is 0 Å². The van der Waals surface area contributed by atoms with Crippen LogP contribution in [0.25, 0.3) is 11.5 Å². The third kappa shape index (κ3) is 4.92. The molecule has 3 aromatic heterocycles. The van der Waals surface area contributed by atoms with Crippen LogP contribution in [-0.4, -0.2) is 43.2 Å². The summed E-state index contributed by atoms with van der Waals surface area (Å²) in [5.41, 5.74) is 2.76. The molecule has 0 spiro atoms. The monoisotopic (exact) mass is 452 g/mol. The summed E-state index contributed by atoms with van der Waals surface area (Å²) < 4.78 is 11.1. The zero-order valence-electron chi connectivity index (χ0n) is 18.6. The number of amides is 1. The molecule has 0 saturated heterocycles. The van der Waals surface area contributed by atoms with Gasteiger partial charge in [0.25, 0.3) is 0 Å². The number of nitrogens with zero attached hydrogens (tertiary/aromatic N) is 4. The first-order chi connectivity index (χ1) is 15.7. The van der Waals surface area contributed by atoms with Crippen LogP contribution in [0.2, 0.25) is 0 Å². The van der Waals surface area contributed by atoms with Crippen molar-refractivity contribution in [3.8, 4) is 17.3 Å². The Morgan fingerprint density at radius 2 is 1.94 bits per heavy atom. The van der Waals surface area contributed by atoms with E-state index in [1.165, 1.54) is 6.20 Å². The summed E-state index contributed by atoms with van der Waals surface area (Å²) in [6.45, 7) is 7.33. The standard InChI is InChI=1S/C22H24N6O5/c1-10(2)32-18-9-23-8-17(26-18)27-19-12(4)28-33-20(19)16-6-5-15(11(3)24-16)25-21(29)13-7-14(13)22(30)31/h5-6,8-10,13-14H,7H2,1-4H3,(H,25,29)(H,26,27)(H,30,31). The Hall–Kier alpha value is -4.02. The van der Waals surface area contributed by atoms with Gasteiger partial charge in [-0.05, 0) is 46.2 Å². The number of hydrogen-bond acceptors (Lipinski definition) is 9. The van der Waals surface area contributed by atoms with Crippen LogP contribution in [0.1, 0.15) is 31.7 Å². The predicted octanol–water partition coefficient (Wildman–Crippen LogP) is 3.33. The predicted molar refractivity (Wildman–Crippen MR) is 118 cm³/mol. The summed E-state index contributed by atoms with van der Waals surface area (Å²) in [4.78, 5) is 36.4. The Morgan fingerprint density at radius 3 is 2.61 bits per heavy atom. The lowest BCUT2D eigenvalue weighted by Gasteiger charge is -2.11. The Bertz CT molecular complexity index is 1210. The highest BCUT2D eigenvalue weighted by Gasteiger charge is 2.48. The molecule has 1 aliphatic rings. The Balaban J connectivity index is 1.53. The van der Waals surface area contributed by atoms with E-state index in [0.717, 1.165) is 0 Å². The van der Waals surface area contributed by atoms with E-state index in [-0.39, 0.29) is 12.0 Å². The summed E-state index contributed by atoms with van der Waals surface area (Å²) >= 11 is 0. The number of carbonyl (C=O) groups excluding carboxylic acids is 1. The van der Waals surface area contributed by atoms with E-state index in [2.05, 4.69) is 30.7 Å². The first-order valence-electron chi connectivity index (χ1n) is 10.5. The molecule has 0 aliphatic heterocycles. The number of anilines is 3. The number of hydrogen-bond donors (Lipinski definition) is 3. The smallest absolute Gasteiger partial charge is 0.307 e. The number of aromatic nitrogens is 4. The number of aliphatic carboxylic acids is 1. The first-order valence-corrected chi connectivity index (χ1v) is 10.5. The highest BCUT2D eigenvalue weighted by molar-refractivity contribution is 5.98. The van der Waals surface area contributed by atoms with Gasteiger partial charge in [-0.1, -0.05) is 5.16 Å². The summed E-state index contributed by atoms with van der Waals surface area (Å²) in [7, 11) is 0. The van der Waals surface area contributed by atoms with Crippen LogP contribution in [0, 0.1) is 25.7 Å². The molecule has 1 amide bonds. The third-order valence-corrected chi connectivity index (χ3v) is 5.11. The molecule has 2 atom stereocenters. The quantitative estimate of drug-likeness (QED) is 0.464. The van der Waals surface area contributed by atoms with Crippen molar-refractivity contribution < 1.29 is 24.0 Å². The van der Waals surface area contributed by atoms with Gasteiger partial charge in [0.05, 0.1) is 41.7 Å². The topological polar surface area (TPSA) is 152 Å². The molecule has 1 fully saturated rings. The van der Waals surface area contributed by atoms with Gasteiger partial charge in [-0.25, -0.2) is 4.98 Å². The number of pyridine rings is 1. The lowest BCUT2D eigenvalue weighted by molar-refractivity contribution is -0.139. The van der Waals surface area contributed by atoms with Crippen LogP contribution in [0.5, 0.6) is 5.88 Å². The van der Waals surface area contributed by atoms with Crippen LogP contribution in [0.3, 0.4) is 0 Å². The van der Waals surface area contributed by atoms with E-state index >= 15 is 0 Å². The number of rotatable bonds is 8. The molecule has 3 aromatic rings. The zero-order valence-corrected chi connectivity index (χ0v) is 18.6. The van der Waals surface area contributed by atoms with Crippen molar-refractivity contribution >= 4 is 29.1 Å². The van der Waals surface area contributed by atoms with E-state index in [4.69, 9.17) is 14.4 Å². The second-order valence-electron chi connectivity index (χ2n) is 8.11. The average Bonchev–Trinajstić information content (AvgIpc) is 3.49. The summed E-state index contributed by atoms with van der Waals surface area (Å²) in [5, 5.41) is 19.0. The van der Waals surface area contributed by atoms with Crippen LogP contribution < -0.4 is 15.4 Å². The van der Waals surface area contributed by atoms with Gasteiger partial charge >= 0.3 is 5.97 Å². The molecule has 33 heavy (non-hydrogen) atoms. The summed E-state index contributed by atoms with van der Waals surface area (Å²) in [6, 6.07) is 3.39. The first kappa shape index (κ1) is 22.2. The fraction of sp³-hybridized carbons (Fsp3) is 0.364. The number of nitrogens with one attached hydrogen (secondary N) is 2. The molecule has 11 heteroatoms. The van der Waals surface area contributed by atoms with E-state index in [0.29, 0.717) is 52.3 Å². The highest BCUT2D eigenvalue weighted by Crippen LogP contribution is 2.40. The van der Waals surface area contributed by atoms with Gasteiger partial charge in [-0.15, -0.1) is 0 Å². The van der Waals surface area contributed by atoms with Crippen LogP contribution in [0.4, 0.5) is 17.2 Å². The van der Waals surface area contributed by atoms with E-state index in [1.807, 2.05) is 13.8 Å². The lowest BCUT2D eigenvalue weighted by Crippen LogP contribution is -2.17. The average molecular weight is 452 g/mol. The SMILES string of the molecule is Cc1nc(-c2onc(C)c2Nc2cncc(OC(C)C)n2)ccc1NC(=O)C1CC1C(=O)O. The fourth-order valence-corrected chi connectivity index (χ4v) is 3.33. The van der Waals surface area contributed by atoms with E-state index in [1.54, 1.807) is 32.2 Å². The maximum absolute atomic E-state index is 12.3. The Kier molecular flexibility index (Phi) is 5.95. The molecule has 0 bridgehead atoms. The van der Waals surface area contributed by atoms with Gasteiger partial charge in [-0.2, -0.15) is 4.98 Å². The summed E-state index contributed by atoms with van der Waals surface area (Å²) in [6.07, 6.45) is 3.40. The molecule has 0 radical (unpaired) electrons. The van der Waals surface area contributed by atoms with Crippen LogP contribution in [0.15, 0.2) is 29.0 Å². The number of ether oxygens (including phenoxy) is 1. The van der Waals surface area contributed by atoms with Crippen LogP contribution in [-0.2, 0) is 9.59 Å². The summed E-state index contributed by atoms with van der Waals surface area (Å²) in [5.74, 6) is -1.15. The van der Waals surface area contributed by atoms with Gasteiger partial charge in [-0.3, -0.25) is 14.6 Å². The molecule has 11 nitrogen and oxygen atoms in total. The van der Waals surface area contributed by atoms with Crippen molar-refractivity contribution in [3.63, 3.8) is 0 Å². The number of aryl methyl sites for hydroxylation is 2. The molecule has 4 rings (SSSR count). The number of carbonyl (C=O) groups is 2. The van der Waals surface area contributed by atoms with Gasteiger partial charge in [0.15, 0.2) is 5.82 Å². The molecular weight excluding hydrogens is 428 g/mol. The minimum absolute atomic E-state index is 0.0384. The lowest BCUT2D eigenvalue weighted by atomic mass is 10.2. The molecular formula is C22H24N6O5. The van der Waals surface area contributed by atoms with Gasteiger partial charge in [0.2, 0.25) is 17.5 Å². The van der Waals surface area contributed by atoms with Crippen molar-refractivity contribution in [2.75, 3.05) is 10.6 Å². The molecule has 1 saturated carbocycles. The molecule has 1 aliphatic carbocycles. The molecule has 172 valence electrons. The maximum Gasteiger partial charge on any atom is 0.307 e. The van der Waals surface area contributed by atoms with E-state index < -0.39 is 17.8 Å². The minimum Gasteiger partial charge on any atom is -0.481 e. The van der Waals surface area contributed by atoms with Crippen molar-refractivity contribution in [3.05, 3.63) is 35.9 Å². The fourth-order valence-electron chi connectivity index (χ4n) is 3.33. The van der Waals surface area contributed by atoms with Gasteiger partial charge in [0.1, 0.15) is 17.1 Å². The molecule has 3 heterocycles. The minimum atomic E-state index is -0.952. The third-order valence-electron chi connectivity index (χ3n) is 5.11. The highest BCUT2D eigenvalue weighted by atomic mass is 16.5. The second kappa shape index (κ2) is 8.85. The molecule has 3 N–H and O–H groups in total.